The number of aliphatic hydroxyl groups is 1. The smallest absolute Gasteiger partial charge is 0.134 e. The Morgan fingerprint density at radius 1 is 0.958 bits per heavy atom. The maximum Gasteiger partial charge on any atom is 0.134 e. The van der Waals surface area contributed by atoms with Gasteiger partial charge in [0.05, 0.1) is 12.6 Å². The summed E-state index contributed by atoms with van der Waals surface area (Å²) in [6.07, 6.45) is -0.470. The predicted molar refractivity (Wildman–Crippen MR) is 91.7 cm³/mol. The third-order valence-electron chi connectivity index (χ3n) is 3.88. The monoisotopic (exact) mass is 325 g/mol. The second-order valence-electron chi connectivity index (χ2n) is 5.79. The van der Waals surface area contributed by atoms with E-state index in [1.54, 1.807) is 19.1 Å². The fraction of sp³-hybridized carbons (Fsp3) is 0.200. The first-order chi connectivity index (χ1) is 11.6. The minimum absolute atomic E-state index is 0.226. The van der Waals surface area contributed by atoms with Gasteiger partial charge in [0.25, 0.3) is 0 Å². The lowest BCUT2D eigenvalue weighted by Gasteiger charge is -2.05. The molecule has 0 unspecified atom stereocenters. The molecule has 3 aromatic rings. The van der Waals surface area contributed by atoms with Crippen LogP contribution < -0.4 is 5.32 Å². The van der Waals surface area contributed by atoms with Crippen molar-refractivity contribution < 1.29 is 13.9 Å². The van der Waals surface area contributed by atoms with Crippen LogP contribution in [0, 0.1) is 5.82 Å². The lowest BCUT2D eigenvalue weighted by molar-refractivity contribution is 0.199. The van der Waals surface area contributed by atoms with Gasteiger partial charge in [0.1, 0.15) is 17.3 Å². The number of furan rings is 1. The molecular weight excluding hydrogens is 305 g/mol. The molecule has 1 atom stereocenters. The van der Waals surface area contributed by atoms with Crippen LogP contribution in [0.5, 0.6) is 0 Å². The molecule has 0 bridgehead atoms. The minimum atomic E-state index is -0.470. The summed E-state index contributed by atoms with van der Waals surface area (Å²) in [7, 11) is 0. The van der Waals surface area contributed by atoms with Crippen molar-refractivity contribution in [2.45, 2.75) is 26.1 Å². The molecule has 0 fully saturated rings. The highest BCUT2D eigenvalue weighted by molar-refractivity contribution is 5.58. The molecule has 2 N–H and O–H groups in total. The zero-order valence-electron chi connectivity index (χ0n) is 13.5. The van der Waals surface area contributed by atoms with Crippen LogP contribution in [0.2, 0.25) is 0 Å². The summed E-state index contributed by atoms with van der Waals surface area (Å²) in [6, 6.07) is 18.0. The average Bonchev–Trinajstić information content (AvgIpc) is 3.06. The molecular formula is C20H20FNO2. The van der Waals surface area contributed by atoms with E-state index in [-0.39, 0.29) is 5.82 Å². The van der Waals surface area contributed by atoms with Crippen molar-refractivity contribution >= 4 is 0 Å². The predicted octanol–water partition coefficient (Wildman–Crippen LogP) is 4.43. The van der Waals surface area contributed by atoms with Crippen LogP contribution in [0.3, 0.4) is 0 Å². The Hall–Kier alpha value is -2.43. The Kier molecular flexibility index (Phi) is 5.08. The van der Waals surface area contributed by atoms with Gasteiger partial charge in [-0.1, -0.05) is 36.4 Å². The topological polar surface area (TPSA) is 45.4 Å². The van der Waals surface area contributed by atoms with E-state index in [0.717, 1.165) is 28.2 Å². The van der Waals surface area contributed by atoms with E-state index in [0.29, 0.717) is 13.1 Å². The molecule has 4 heteroatoms. The van der Waals surface area contributed by atoms with Gasteiger partial charge in [0, 0.05) is 12.1 Å². The summed E-state index contributed by atoms with van der Waals surface area (Å²) in [5, 5.41) is 12.8. The molecule has 3 rings (SSSR count). The highest BCUT2D eigenvalue weighted by Crippen LogP contribution is 2.24. The number of hydrogen-bond acceptors (Lipinski definition) is 3. The summed E-state index contributed by atoms with van der Waals surface area (Å²) < 4.78 is 18.7. The Bertz CT molecular complexity index is 776. The van der Waals surface area contributed by atoms with E-state index < -0.39 is 6.10 Å². The molecule has 0 aliphatic rings. The Morgan fingerprint density at radius 3 is 2.33 bits per heavy atom. The van der Waals surface area contributed by atoms with E-state index in [9.17, 15) is 9.50 Å². The van der Waals surface area contributed by atoms with Crippen molar-refractivity contribution in [2.75, 3.05) is 0 Å². The Labute approximate surface area is 140 Å². The number of rotatable bonds is 6. The number of nitrogens with one attached hydrogen (secondary N) is 1. The number of hydrogen-bond donors (Lipinski definition) is 2. The molecule has 124 valence electrons. The summed E-state index contributed by atoms with van der Waals surface area (Å²) >= 11 is 0. The third-order valence-corrected chi connectivity index (χ3v) is 3.88. The molecule has 24 heavy (non-hydrogen) atoms. The van der Waals surface area contributed by atoms with E-state index in [1.807, 2.05) is 36.4 Å². The largest absolute Gasteiger partial charge is 0.460 e. The Morgan fingerprint density at radius 2 is 1.67 bits per heavy atom. The van der Waals surface area contributed by atoms with Crippen molar-refractivity contribution in [3.8, 4) is 11.3 Å². The quantitative estimate of drug-likeness (QED) is 0.705. The van der Waals surface area contributed by atoms with E-state index in [2.05, 4.69) is 5.32 Å². The molecule has 1 aromatic heterocycles. The minimum Gasteiger partial charge on any atom is -0.460 e. The van der Waals surface area contributed by atoms with Crippen molar-refractivity contribution in [3.05, 3.63) is 83.4 Å². The van der Waals surface area contributed by atoms with E-state index in [1.165, 1.54) is 12.1 Å². The molecule has 3 nitrogen and oxygen atoms in total. The molecule has 2 aromatic carbocycles. The molecule has 0 spiro atoms. The molecule has 0 aliphatic carbocycles. The maximum atomic E-state index is 12.9. The van der Waals surface area contributed by atoms with Crippen molar-refractivity contribution in [3.63, 3.8) is 0 Å². The van der Waals surface area contributed by atoms with Gasteiger partial charge in [0.2, 0.25) is 0 Å². The first-order valence-corrected chi connectivity index (χ1v) is 7.94. The summed E-state index contributed by atoms with van der Waals surface area (Å²) in [6.45, 7) is 3.00. The van der Waals surface area contributed by atoms with Gasteiger partial charge in [0.15, 0.2) is 0 Å². The zero-order valence-corrected chi connectivity index (χ0v) is 13.5. The van der Waals surface area contributed by atoms with Crippen LogP contribution in [0.15, 0.2) is 65.1 Å². The Balaban J connectivity index is 1.58. The normalized spacial score (nSPS) is 12.3. The second-order valence-corrected chi connectivity index (χ2v) is 5.79. The highest BCUT2D eigenvalue weighted by Gasteiger charge is 2.06. The van der Waals surface area contributed by atoms with E-state index in [4.69, 9.17) is 4.42 Å². The molecule has 1 heterocycles. The zero-order chi connectivity index (χ0) is 16.9. The lowest BCUT2D eigenvalue weighted by Crippen LogP contribution is -2.11. The van der Waals surface area contributed by atoms with Gasteiger partial charge in [-0.3, -0.25) is 0 Å². The fourth-order valence-electron chi connectivity index (χ4n) is 2.49. The molecule has 0 saturated carbocycles. The van der Waals surface area contributed by atoms with Crippen molar-refractivity contribution in [1.29, 1.82) is 0 Å². The second kappa shape index (κ2) is 7.43. The van der Waals surface area contributed by atoms with Crippen LogP contribution in [0.4, 0.5) is 4.39 Å². The van der Waals surface area contributed by atoms with Crippen LogP contribution in [0.25, 0.3) is 11.3 Å². The van der Waals surface area contributed by atoms with Gasteiger partial charge in [-0.15, -0.1) is 0 Å². The first kappa shape index (κ1) is 16.4. The number of benzene rings is 2. The summed E-state index contributed by atoms with van der Waals surface area (Å²) in [5.41, 5.74) is 2.88. The average molecular weight is 325 g/mol. The molecule has 0 radical (unpaired) electrons. The number of aliphatic hydroxyl groups excluding tert-OH is 1. The molecule has 0 aliphatic heterocycles. The standard InChI is InChI=1S/C20H20FNO2/c1-14(23)16-4-6-17(7-5-16)20-11-10-19(24-20)13-22-12-15-2-8-18(21)9-3-15/h2-11,14,22-23H,12-13H2,1H3/t14-/m0/s1. The van der Waals surface area contributed by atoms with Gasteiger partial charge in [-0.05, 0) is 42.3 Å². The fourth-order valence-corrected chi connectivity index (χ4v) is 2.49. The van der Waals surface area contributed by atoms with Crippen LogP contribution in [-0.4, -0.2) is 5.11 Å². The molecule has 0 saturated heterocycles. The summed E-state index contributed by atoms with van der Waals surface area (Å²) in [5.74, 6) is 1.41. The maximum absolute atomic E-state index is 12.9. The van der Waals surface area contributed by atoms with Gasteiger partial charge >= 0.3 is 0 Å². The van der Waals surface area contributed by atoms with Gasteiger partial charge in [-0.25, -0.2) is 4.39 Å². The van der Waals surface area contributed by atoms with E-state index >= 15 is 0 Å². The lowest BCUT2D eigenvalue weighted by atomic mass is 10.1. The number of halogens is 1. The summed E-state index contributed by atoms with van der Waals surface area (Å²) in [4.78, 5) is 0. The van der Waals surface area contributed by atoms with Crippen LogP contribution >= 0.6 is 0 Å². The first-order valence-electron chi connectivity index (χ1n) is 7.94. The molecule has 0 amide bonds. The van der Waals surface area contributed by atoms with Crippen LogP contribution in [-0.2, 0) is 13.1 Å². The van der Waals surface area contributed by atoms with Crippen molar-refractivity contribution in [2.24, 2.45) is 0 Å². The van der Waals surface area contributed by atoms with Crippen LogP contribution in [0.1, 0.15) is 29.9 Å². The third kappa shape index (κ3) is 4.10. The van der Waals surface area contributed by atoms with Gasteiger partial charge < -0.3 is 14.8 Å². The highest BCUT2D eigenvalue weighted by atomic mass is 19.1. The van der Waals surface area contributed by atoms with Crippen molar-refractivity contribution in [1.82, 2.24) is 5.32 Å². The van der Waals surface area contributed by atoms with Gasteiger partial charge in [-0.2, -0.15) is 0 Å². The SMILES string of the molecule is C[C@H](O)c1ccc(-c2ccc(CNCc3ccc(F)cc3)o2)cc1.